The smallest absolute Gasteiger partial charge is 0.139 e. The van der Waals surface area contributed by atoms with Crippen LogP contribution >= 0.6 is 11.6 Å². The van der Waals surface area contributed by atoms with Crippen molar-refractivity contribution in [3.05, 3.63) is 40.7 Å². The number of nitrogens with one attached hydrogen (secondary N) is 2. The Morgan fingerprint density at radius 3 is 2.65 bits per heavy atom. The van der Waals surface area contributed by atoms with Crippen LogP contribution in [-0.4, -0.2) is 17.0 Å². The Hall–Kier alpha value is -1.81. The van der Waals surface area contributed by atoms with Gasteiger partial charge in [-0.15, -0.1) is 0 Å². The van der Waals surface area contributed by atoms with Crippen LogP contribution in [0.5, 0.6) is 0 Å². The maximum atomic E-state index is 6.15. The summed E-state index contributed by atoms with van der Waals surface area (Å²) in [6.07, 6.45) is 3.51. The minimum absolute atomic E-state index is 0.745. The van der Waals surface area contributed by atoms with Gasteiger partial charge in [0.25, 0.3) is 0 Å². The molecule has 0 unspecified atom stereocenters. The van der Waals surface area contributed by atoms with Gasteiger partial charge in [-0.1, -0.05) is 31.0 Å². The molecule has 2 rings (SSSR count). The van der Waals surface area contributed by atoms with Gasteiger partial charge >= 0.3 is 0 Å². The quantitative estimate of drug-likeness (QED) is 0.867. The van der Waals surface area contributed by atoms with Gasteiger partial charge in [-0.05, 0) is 31.0 Å². The fourth-order valence-corrected chi connectivity index (χ4v) is 2.27. The highest BCUT2D eigenvalue weighted by Crippen LogP contribution is 2.29. The Labute approximate surface area is 124 Å². The Bertz CT molecular complexity index is 598. The molecule has 2 aromatic rings. The lowest BCUT2D eigenvalue weighted by Gasteiger charge is -2.15. The van der Waals surface area contributed by atoms with E-state index in [2.05, 4.69) is 27.5 Å². The Kier molecular flexibility index (Phi) is 4.79. The SMILES string of the molecule is CCCc1c(NC)ncnc1Nc1cccc(Cl)c1C. The van der Waals surface area contributed by atoms with Crippen molar-refractivity contribution in [1.29, 1.82) is 0 Å². The van der Waals surface area contributed by atoms with Gasteiger partial charge in [0.05, 0.1) is 0 Å². The van der Waals surface area contributed by atoms with Gasteiger partial charge in [0, 0.05) is 23.3 Å². The summed E-state index contributed by atoms with van der Waals surface area (Å²) in [4.78, 5) is 8.64. The minimum Gasteiger partial charge on any atom is -0.373 e. The molecule has 0 aliphatic carbocycles. The number of halogens is 1. The predicted molar refractivity (Wildman–Crippen MR) is 85.0 cm³/mol. The maximum Gasteiger partial charge on any atom is 0.139 e. The van der Waals surface area contributed by atoms with Gasteiger partial charge < -0.3 is 10.6 Å². The van der Waals surface area contributed by atoms with E-state index in [1.807, 2.05) is 32.2 Å². The largest absolute Gasteiger partial charge is 0.373 e. The van der Waals surface area contributed by atoms with Crippen LogP contribution in [0.3, 0.4) is 0 Å². The first kappa shape index (κ1) is 14.6. The van der Waals surface area contributed by atoms with E-state index in [0.717, 1.165) is 46.3 Å². The zero-order valence-corrected chi connectivity index (χ0v) is 12.8. The standard InChI is InChI=1S/C15H19ClN4/c1-4-6-11-14(17-3)18-9-19-15(11)20-13-8-5-7-12(16)10(13)2/h5,7-9H,4,6H2,1-3H3,(H2,17,18,19,20). The van der Waals surface area contributed by atoms with Crippen molar-refractivity contribution in [3.63, 3.8) is 0 Å². The van der Waals surface area contributed by atoms with Crippen molar-refractivity contribution in [2.45, 2.75) is 26.7 Å². The number of aromatic nitrogens is 2. The monoisotopic (exact) mass is 290 g/mol. The molecule has 0 spiro atoms. The predicted octanol–water partition coefficient (Wildman–Crippen LogP) is 4.18. The zero-order chi connectivity index (χ0) is 14.5. The van der Waals surface area contributed by atoms with Gasteiger partial charge in [-0.2, -0.15) is 0 Å². The third kappa shape index (κ3) is 3.02. The van der Waals surface area contributed by atoms with E-state index >= 15 is 0 Å². The zero-order valence-electron chi connectivity index (χ0n) is 12.0. The molecule has 1 heterocycles. The Morgan fingerprint density at radius 1 is 1.20 bits per heavy atom. The van der Waals surface area contributed by atoms with Crippen LogP contribution in [0.15, 0.2) is 24.5 Å². The Balaban J connectivity index is 2.40. The van der Waals surface area contributed by atoms with Crippen molar-refractivity contribution in [2.75, 3.05) is 17.7 Å². The molecule has 20 heavy (non-hydrogen) atoms. The van der Waals surface area contributed by atoms with Gasteiger partial charge in [-0.3, -0.25) is 0 Å². The van der Waals surface area contributed by atoms with E-state index in [1.165, 1.54) is 0 Å². The van der Waals surface area contributed by atoms with E-state index in [-0.39, 0.29) is 0 Å². The molecule has 1 aromatic heterocycles. The van der Waals surface area contributed by atoms with Crippen LogP contribution in [0, 0.1) is 6.92 Å². The van der Waals surface area contributed by atoms with Gasteiger partial charge in [0.2, 0.25) is 0 Å². The van der Waals surface area contributed by atoms with Crippen molar-refractivity contribution in [3.8, 4) is 0 Å². The van der Waals surface area contributed by atoms with Crippen molar-refractivity contribution >= 4 is 28.9 Å². The summed E-state index contributed by atoms with van der Waals surface area (Å²) in [6, 6.07) is 5.81. The lowest BCUT2D eigenvalue weighted by molar-refractivity contribution is 0.905. The fraction of sp³-hybridized carbons (Fsp3) is 0.333. The van der Waals surface area contributed by atoms with Gasteiger partial charge in [0.1, 0.15) is 18.0 Å². The topological polar surface area (TPSA) is 49.8 Å². The summed E-state index contributed by atoms with van der Waals surface area (Å²) in [5.41, 5.74) is 3.08. The minimum atomic E-state index is 0.745. The molecule has 0 aliphatic heterocycles. The van der Waals surface area contributed by atoms with Gasteiger partial charge in [-0.25, -0.2) is 9.97 Å². The summed E-state index contributed by atoms with van der Waals surface area (Å²) >= 11 is 6.15. The van der Waals surface area contributed by atoms with Gasteiger partial charge in [0.15, 0.2) is 0 Å². The number of hydrogen-bond donors (Lipinski definition) is 2. The molecule has 0 radical (unpaired) electrons. The average molecular weight is 291 g/mol. The molecule has 0 saturated carbocycles. The molecule has 106 valence electrons. The summed E-state index contributed by atoms with van der Waals surface area (Å²) in [6.45, 7) is 4.13. The summed E-state index contributed by atoms with van der Waals surface area (Å²) in [5, 5.41) is 7.23. The Morgan fingerprint density at radius 2 is 1.95 bits per heavy atom. The molecular weight excluding hydrogens is 272 g/mol. The third-order valence-corrected chi connectivity index (χ3v) is 3.61. The van der Waals surface area contributed by atoms with Crippen molar-refractivity contribution in [1.82, 2.24) is 9.97 Å². The van der Waals surface area contributed by atoms with Crippen LogP contribution in [0.1, 0.15) is 24.5 Å². The molecule has 5 heteroatoms. The van der Waals surface area contributed by atoms with Crippen molar-refractivity contribution in [2.24, 2.45) is 0 Å². The second-order valence-electron chi connectivity index (χ2n) is 4.59. The lowest BCUT2D eigenvalue weighted by Crippen LogP contribution is -2.06. The van der Waals surface area contributed by atoms with E-state index in [9.17, 15) is 0 Å². The molecule has 0 bridgehead atoms. The molecule has 0 saturated heterocycles. The van der Waals surface area contributed by atoms with E-state index in [4.69, 9.17) is 11.6 Å². The second-order valence-corrected chi connectivity index (χ2v) is 4.99. The first-order valence-corrected chi connectivity index (χ1v) is 7.09. The highest BCUT2D eigenvalue weighted by Gasteiger charge is 2.11. The van der Waals surface area contributed by atoms with Crippen LogP contribution in [-0.2, 0) is 6.42 Å². The second kappa shape index (κ2) is 6.57. The number of rotatable bonds is 5. The summed E-state index contributed by atoms with van der Waals surface area (Å²) in [7, 11) is 1.87. The average Bonchev–Trinajstić information content (AvgIpc) is 2.46. The van der Waals surface area contributed by atoms with E-state index < -0.39 is 0 Å². The van der Waals surface area contributed by atoms with Crippen LogP contribution in [0.25, 0.3) is 0 Å². The van der Waals surface area contributed by atoms with Crippen LogP contribution < -0.4 is 10.6 Å². The van der Waals surface area contributed by atoms with E-state index in [0.29, 0.717) is 0 Å². The van der Waals surface area contributed by atoms with E-state index in [1.54, 1.807) is 6.33 Å². The van der Waals surface area contributed by atoms with Crippen LogP contribution in [0.4, 0.5) is 17.3 Å². The number of hydrogen-bond acceptors (Lipinski definition) is 4. The van der Waals surface area contributed by atoms with Crippen molar-refractivity contribution < 1.29 is 0 Å². The molecule has 0 amide bonds. The molecule has 0 atom stereocenters. The molecule has 4 nitrogen and oxygen atoms in total. The van der Waals surface area contributed by atoms with Crippen LogP contribution in [0.2, 0.25) is 5.02 Å². The number of benzene rings is 1. The highest BCUT2D eigenvalue weighted by molar-refractivity contribution is 6.31. The fourth-order valence-electron chi connectivity index (χ4n) is 2.09. The molecular formula is C15H19ClN4. The lowest BCUT2D eigenvalue weighted by atomic mass is 10.1. The maximum absolute atomic E-state index is 6.15. The normalized spacial score (nSPS) is 10.4. The molecule has 0 fully saturated rings. The summed E-state index contributed by atoms with van der Waals surface area (Å²) < 4.78 is 0. The molecule has 2 N–H and O–H groups in total. The number of nitrogens with zero attached hydrogens (tertiary/aromatic N) is 2. The highest BCUT2D eigenvalue weighted by atomic mass is 35.5. The molecule has 1 aromatic carbocycles. The number of anilines is 3. The molecule has 0 aliphatic rings. The summed E-state index contributed by atoms with van der Waals surface area (Å²) in [5.74, 6) is 1.69. The first-order valence-electron chi connectivity index (χ1n) is 6.71. The third-order valence-electron chi connectivity index (χ3n) is 3.20. The first-order chi connectivity index (χ1) is 9.67.